The zero-order valence-electron chi connectivity index (χ0n) is 40.6. The molecular formula is C62H53BN2O2S2. The Bertz CT molecular complexity index is 3660. The van der Waals surface area contributed by atoms with Crippen molar-refractivity contribution in [2.45, 2.75) is 78.6 Å². The van der Waals surface area contributed by atoms with Gasteiger partial charge in [-0.05, 0) is 132 Å². The van der Waals surface area contributed by atoms with Crippen LogP contribution in [-0.4, -0.2) is 6.71 Å². The van der Waals surface area contributed by atoms with E-state index in [1.165, 1.54) is 74.6 Å². The molecule has 0 bridgehead atoms. The third-order valence-electron chi connectivity index (χ3n) is 14.7. The van der Waals surface area contributed by atoms with Crippen molar-refractivity contribution in [3.63, 3.8) is 0 Å². The Morgan fingerprint density at radius 3 is 1.28 bits per heavy atom. The van der Waals surface area contributed by atoms with Crippen molar-refractivity contribution in [2.24, 2.45) is 0 Å². The van der Waals surface area contributed by atoms with Crippen molar-refractivity contribution in [1.82, 2.24) is 0 Å². The second kappa shape index (κ2) is 14.9. The summed E-state index contributed by atoms with van der Waals surface area (Å²) in [5.41, 5.74) is 18.8. The van der Waals surface area contributed by atoms with E-state index in [9.17, 15) is 0 Å². The van der Waals surface area contributed by atoms with Gasteiger partial charge in [-0.2, -0.15) is 0 Å². The summed E-state index contributed by atoms with van der Waals surface area (Å²) < 4.78 is 14.9. The lowest BCUT2D eigenvalue weighted by Crippen LogP contribution is -2.60. The van der Waals surface area contributed by atoms with E-state index in [0.717, 1.165) is 55.6 Å². The van der Waals surface area contributed by atoms with Gasteiger partial charge >= 0.3 is 0 Å². The highest BCUT2D eigenvalue weighted by Crippen LogP contribution is 2.53. The summed E-state index contributed by atoms with van der Waals surface area (Å²) in [4.78, 5) is 5.22. The van der Waals surface area contributed by atoms with Gasteiger partial charge in [-0.1, -0.05) is 147 Å². The molecule has 7 aromatic carbocycles. The standard InChI is InChI=1S/C62H53BN2O2S2/c1-60(2,3)38-24-26-53-45(30-38)55-58(68-53)64(41-18-14-16-36(28-41)47-34-66-51-22-12-10-20-43(47)51)49-32-40(62(7,8)9)33-50-57(49)63(55)56-46-31-39(61(4,5)6)25-27-54(46)69-59(56)65(50)42-19-15-17-37(29-42)48-35-67-52-23-13-11-21-44(48)52/h10-35H,1-9H3. The van der Waals surface area contributed by atoms with Crippen LogP contribution >= 0.6 is 22.7 Å². The van der Waals surface area contributed by atoms with Gasteiger partial charge in [-0.15, -0.1) is 22.7 Å². The first kappa shape index (κ1) is 42.3. The lowest BCUT2D eigenvalue weighted by Gasteiger charge is -2.43. The zero-order chi connectivity index (χ0) is 47.3. The van der Waals surface area contributed by atoms with E-state index in [2.05, 4.69) is 206 Å². The molecule has 0 radical (unpaired) electrons. The van der Waals surface area contributed by atoms with E-state index in [-0.39, 0.29) is 23.0 Å². The van der Waals surface area contributed by atoms with Crippen LogP contribution in [0.1, 0.15) is 79.0 Å². The fraction of sp³-hybridized carbons (Fsp3) is 0.194. The first-order chi connectivity index (χ1) is 33.1. The zero-order valence-corrected chi connectivity index (χ0v) is 42.2. The van der Waals surface area contributed by atoms with Crippen molar-refractivity contribution in [2.75, 3.05) is 9.80 Å². The normalized spacial score (nSPS) is 13.8. The van der Waals surface area contributed by atoms with E-state index in [0.29, 0.717) is 0 Å². The summed E-state index contributed by atoms with van der Waals surface area (Å²) in [6.07, 6.45) is 3.84. The highest BCUT2D eigenvalue weighted by atomic mass is 32.1. The van der Waals surface area contributed by atoms with Crippen LogP contribution in [0.5, 0.6) is 0 Å². The van der Waals surface area contributed by atoms with E-state index in [1.807, 2.05) is 47.3 Å². The van der Waals surface area contributed by atoms with E-state index < -0.39 is 0 Å². The summed E-state index contributed by atoms with van der Waals surface area (Å²) in [5, 5.41) is 7.46. The Morgan fingerprint density at radius 1 is 0.406 bits per heavy atom. The van der Waals surface area contributed by atoms with Gasteiger partial charge in [0.15, 0.2) is 0 Å². The molecule has 6 heterocycles. The number of benzene rings is 7. The first-order valence-corrected chi connectivity index (χ1v) is 25.8. The first-order valence-electron chi connectivity index (χ1n) is 24.2. The molecule has 338 valence electrons. The van der Waals surface area contributed by atoms with Gasteiger partial charge in [0.1, 0.15) is 11.2 Å². The quantitative estimate of drug-likeness (QED) is 0.165. The molecule has 0 aliphatic carbocycles. The van der Waals surface area contributed by atoms with Gasteiger partial charge in [0.05, 0.1) is 22.5 Å². The highest BCUT2D eigenvalue weighted by Gasteiger charge is 2.48. The Kier molecular flexibility index (Phi) is 9.11. The average molecular weight is 933 g/mol. The molecule has 4 aromatic heterocycles. The molecular weight excluding hydrogens is 880 g/mol. The van der Waals surface area contributed by atoms with Crippen LogP contribution in [0.15, 0.2) is 167 Å². The van der Waals surface area contributed by atoms with Crippen LogP contribution in [0.3, 0.4) is 0 Å². The number of fused-ring (bicyclic) bond motifs is 10. The molecule has 0 spiro atoms. The number of hydrogen-bond acceptors (Lipinski definition) is 6. The fourth-order valence-corrected chi connectivity index (χ4v) is 13.5. The molecule has 0 amide bonds. The largest absolute Gasteiger partial charge is 0.464 e. The summed E-state index contributed by atoms with van der Waals surface area (Å²) >= 11 is 3.86. The Hall–Kier alpha value is -6.80. The minimum absolute atomic E-state index is 0.0275. The number of hydrogen-bond donors (Lipinski definition) is 0. The van der Waals surface area contributed by atoms with Crippen LogP contribution < -0.4 is 26.2 Å². The molecule has 0 unspecified atom stereocenters. The third kappa shape index (κ3) is 6.53. The predicted molar refractivity (Wildman–Crippen MR) is 298 cm³/mol. The molecule has 0 saturated heterocycles. The maximum atomic E-state index is 6.16. The van der Waals surface area contributed by atoms with Crippen molar-refractivity contribution < 1.29 is 8.83 Å². The Morgan fingerprint density at radius 2 is 0.841 bits per heavy atom. The average Bonchev–Trinajstić information content (AvgIpc) is 4.13. The molecule has 0 N–H and O–H groups in total. The molecule has 2 aliphatic heterocycles. The number of anilines is 6. The maximum absolute atomic E-state index is 6.16. The fourth-order valence-electron chi connectivity index (χ4n) is 10.9. The van der Waals surface area contributed by atoms with Gasteiger partial charge in [0.2, 0.25) is 0 Å². The number of para-hydroxylation sites is 2. The predicted octanol–water partition coefficient (Wildman–Crippen LogP) is 16.9. The number of thiophene rings is 2. The van der Waals surface area contributed by atoms with E-state index >= 15 is 0 Å². The van der Waals surface area contributed by atoms with Crippen molar-refractivity contribution >= 4 is 121 Å². The monoisotopic (exact) mass is 932 g/mol. The summed E-state index contributed by atoms with van der Waals surface area (Å²) in [7, 11) is 0. The molecule has 13 rings (SSSR count). The molecule has 7 heteroatoms. The molecule has 69 heavy (non-hydrogen) atoms. The molecule has 2 aliphatic rings. The van der Waals surface area contributed by atoms with Gasteiger partial charge in [0.25, 0.3) is 6.71 Å². The van der Waals surface area contributed by atoms with Gasteiger partial charge < -0.3 is 18.6 Å². The molecule has 11 aromatic rings. The van der Waals surface area contributed by atoms with Gasteiger partial charge in [0, 0.05) is 54.0 Å². The molecule has 4 nitrogen and oxygen atoms in total. The molecule has 0 fully saturated rings. The van der Waals surface area contributed by atoms with Crippen LogP contribution in [0.4, 0.5) is 32.8 Å². The SMILES string of the molecule is CC(C)(C)c1cc2c3c(c1)N(c1cccc(-c4coc5ccccc45)c1)c1sc4ccc(C(C)(C)C)cc4c1B3c1c(sc3ccc(C(C)(C)C)cc13)N2c1cccc(-c2coc3ccccc23)c1. The molecule has 0 atom stereocenters. The van der Waals surface area contributed by atoms with Crippen molar-refractivity contribution in [3.05, 3.63) is 175 Å². The van der Waals surface area contributed by atoms with Gasteiger partial charge in [-0.25, -0.2) is 0 Å². The van der Waals surface area contributed by atoms with Crippen LogP contribution in [0, 0.1) is 0 Å². The second-order valence-corrected chi connectivity index (χ2v) is 24.3. The third-order valence-corrected chi connectivity index (χ3v) is 17.0. The number of furan rings is 2. The smallest absolute Gasteiger partial charge is 0.256 e. The maximum Gasteiger partial charge on any atom is 0.256 e. The summed E-state index contributed by atoms with van der Waals surface area (Å²) in [6, 6.07) is 54.6. The molecule has 0 saturated carbocycles. The highest BCUT2D eigenvalue weighted by molar-refractivity contribution is 7.29. The van der Waals surface area contributed by atoms with Crippen LogP contribution in [0.25, 0.3) is 64.4 Å². The minimum atomic E-state index is -0.155. The van der Waals surface area contributed by atoms with Crippen molar-refractivity contribution in [3.8, 4) is 22.3 Å². The van der Waals surface area contributed by atoms with E-state index in [4.69, 9.17) is 8.83 Å². The summed E-state index contributed by atoms with van der Waals surface area (Å²) in [6.45, 7) is 21.0. The van der Waals surface area contributed by atoms with Crippen LogP contribution in [-0.2, 0) is 16.2 Å². The van der Waals surface area contributed by atoms with Gasteiger partial charge in [-0.3, -0.25) is 0 Å². The lowest BCUT2D eigenvalue weighted by molar-refractivity contribution is 0.590. The summed E-state index contributed by atoms with van der Waals surface area (Å²) in [5.74, 6) is 0. The Labute approximate surface area is 412 Å². The second-order valence-electron chi connectivity index (χ2n) is 22.2. The topological polar surface area (TPSA) is 32.8 Å². The number of rotatable bonds is 4. The lowest BCUT2D eigenvalue weighted by atomic mass is 9.33. The van der Waals surface area contributed by atoms with Crippen LogP contribution in [0.2, 0.25) is 0 Å². The minimum Gasteiger partial charge on any atom is -0.464 e. The number of nitrogens with zero attached hydrogens (tertiary/aromatic N) is 2. The Balaban J connectivity index is 1.15. The van der Waals surface area contributed by atoms with E-state index in [1.54, 1.807) is 0 Å². The van der Waals surface area contributed by atoms with Crippen molar-refractivity contribution in [1.29, 1.82) is 0 Å².